The number of carbonyl (C=O) groups excluding carboxylic acids is 1. The molecule has 1 N–H and O–H groups in total. The summed E-state index contributed by atoms with van der Waals surface area (Å²) in [6.07, 6.45) is 2.48. The van der Waals surface area contributed by atoms with E-state index in [4.69, 9.17) is 0 Å². The quantitative estimate of drug-likeness (QED) is 0.767. The normalized spacial score (nSPS) is 10.5. The molecule has 130 valence electrons. The second-order valence-corrected chi connectivity index (χ2v) is 5.71. The molecule has 0 bridgehead atoms. The number of carbonyl (C=O) groups is 2. The van der Waals surface area contributed by atoms with Crippen molar-refractivity contribution in [1.82, 2.24) is 9.97 Å². The van der Waals surface area contributed by atoms with Crippen LogP contribution in [-0.2, 0) is 4.79 Å². The molecule has 0 fully saturated rings. The van der Waals surface area contributed by atoms with E-state index in [1.165, 1.54) is 18.1 Å². The maximum atomic E-state index is 13.3. The molecular weight excluding hydrogens is 330 g/mol. The molecule has 3 aromatic rings. The highest BCUT2D eigenvalue weighted by molar-refractivity contribution is 6.03. The van der Waals surface area contributed by atoms with E-state index in [0.29, 0.717) is 0 Å². The van der Waals surface area contributed by atoms with Gasteiger partial charge in [0, 0.05) is 7.05 Å². The number of likely N-dealkylation sites (N-methyl/N-ethyl adjacent to an activating group) is 1. The predicted molar refractivity (Wildman–Crippen MR) is 97.1 cm³/mol. The fourth-order valence-electron chi connectivity index (χ4n) is 2.81. The van der Waals surface area contributed by atoms with Gasteiger partial charge in [0.25, 0.3) is 0 Å². The molecule has 3 rings (SSSR count). The van der Waals surface area contributed by atoms with Crippen LogP contribution >= 0.6 is 0 Å². The first-order chi connectivity index (χ1) is 12.6. The van der Waals surface area contributed by atoms with E-state index in [2.05, 4.69) is 9.97 Å². The van der Waals surface area contributed by atoms with Gasteiger partial charge in [-0.1, -0.05) is 60.7 Å². The summed E-state index contributed by atoms with van der Waals surface area (Å²) in [4.78, 5) is 33.7. The highest BCUT2D eigenvalue weighted by atomic mass is 16.4. The topological polar surface area (TPSA) is 83.4 Å². The number of nitrogens with zero attached hydrogens (tertiary/aromatic N) is 3. The van der Waals surface area contributed by atoms with Crippen LogP contribution in [0.2, 0.25) is 0 Å². The number of carboxylic acids is 1. The standard InChI is InChI=1S/C20H17N3O3/c1-23(16-12-21-13-22-18(16)20(25)26)19(24)17(14-8-4-2-5-9-14)15-10-6-3-7-11-15/h2-13,17H,1H3,(H,25,26). The molecule has 6 nitrogen and oxygen atoms in total. The van der Waals surface area contributed by atoms with E-state index in [-0.39, 0.29) is 17.3 Å². The third-order valence-electron chi connectivity index (χ3n) is 4.10. The van der Waals surface area contributed by atoms with Crippen molar-refractivity contribution in [2.24, 2.45) is 0 Å². The van der Waals surface area contributed by atoms with Gasteiger partial charge < -0.3 is 10.0 Å². The molecule has 0 saturated carbocycles. The van der Waals surface area contributed by atoms with Gasteiger partial charge in [-0.15, -0.1) is 0 Å². The number of benzene rings is 2. The van der Waals surface area contributed by atoms with E-state index in [9.17, 15) is 14.7 Å². The number of hydrogen-bond acceptors (Lipinski definition) is 4. The molecule has 1 heterocycles. The molecule has 0 unspecified atom stereocenters. The van der Waals surface area contributed by atoms with Gasteiger partial charge >= 0.3 is 5.97 Å². The molecule has 0 radical (unpaired) electrons. The summed E-state index contributed by atoms with van der Waals surface area (Å²) >= 11 is 0. The average molecular weight is 347 g/mol. The van der Waals surface area contributed by atoms with Crippen molar-refractivity contribution < 1.29 is 14.7 Å². The summed E-state index contributed by atoms with van der Waals surface area (Å²) in [7, 11) is 1.53. The Labute approximate surface area is 150 Å². The van der Waals surface area contributed by atoms with Crippen LogP contribution in [0.25, 0.3) is 0 Å². The Bertz CT molecular complexity index is 874. The lowest BCUT2D eigenvalue weighted by Crippen LogP contribution is -2.33. The van der Waals surface area contributed by atoms with Crippen molar-refractivity contribution in [3.8, 4) is 0 Å². The molecule has 0 atom stereocenters. The lowest BCUT2D eigenvalue weighted by Gasteiger charge is -2.25. The molecule has 0 saturated heterocycles. The minimum Gasteiger partial charge on any atom is -0.476 e. The van der Waals surface area contributed by atoms with Crippen molar-refractivity contribution in [2.45, 2.75) is 5.92 Å². The van der Waals surface area contributed by atoms with Crippen molar-refractivity contribution in [2.75, 3.05) is 11.9 Å². The van der Waals surface area contributed by atoms with Crippen LogP contribution in [0.4, 0.5) is 5.69 Å². The molecule has 2 aromatic carbocycles. The van der Waals surface area contributed by atoms with E-state index < -0.39 is 11.9 Å². The van der Waals surface area contributed by atoms with Gasteiger partial charge in [-0.2, -0.15) is 0 Å². The zero-order chi connectivity index (χ0) is 18.5. The van der Waals surface area contributed by atoms with Gasteiger partial charge in [-0.05, 0) is 11.1 Å². The minimum absolute atomic E-state index is 0.155. The first-order valence-electron chi connectivity index (χ1n) is 8.00. The molecular formula is C20H17N3O3. The van der Waals surface area contributed by atoms with Gasteiger partial charge in [0.05, 0.1) is 17.8 Å². The Morgan fingerprint density at radius 3 is 2.00 bits per heavy atom. The first-order valence-corrected chi connectivity index (χ1v) is 8.00. The summed E-state index contributed by atoms with van der Waals surface area (Å²) in [5, 5.41) is 9.34. The van der Waals surface area contributed by atoms with Gasteiger partial charge in [-0.25, -0.2) is 14.8 Å². The fraction of sp³-hybridized carbons (Fsp3) is 0.100. The van der Waals surface area contributed by atoms with Crippen LogP contribution in [0.5, 0.6) is 0 Å². The number of aromatic nitrogens is 2. The maximum Gasteiger partial charge on any atom is 0.356 e. The van der Waals surface area contributed by atoms with E-state index >= 15 is 0 Å². The zero-order valence-electron chi connectivity index (χ0n) is 14.1. The molecule has 0 aliphatic carbocycles. The van der Waals surface area contributed by atoms with Crippen LogP contribution in [0, 0.1) is 0 Å². The van der Waals surface area contributed by atoms with Gasteiger partial charge in [0.2, 0.25) is 5.91 Å². The highest BCUT2D eigenvalue weighted by Gasteiger charge is 2.28. The zero-order valence-corrected chi connectivity index (χ0v) is 14.1. The van der Waals surface area contributed by atoms with E-state index in [1.807, 2.05) is 60.7 Å². The number of aromatic carboxylic acids is 1. The van der Waals surface area contributed by atoms with Gasteiger partial charge in [-0.3, -0.25) is 4.79 Å². The third-order valence-corrected chi connectivity index (χ3v) is 4.10. The lowest BCUT2D eigenvalue weighted by atomic mass is 9.90. The maximum absolute atomic E-state index is 13.3. The fourth-order valence-corrected chi connectivity index (χ4v) is 2.81. The molecule has 0 aliphatic heterocycles. The molecule has 0 spiro atoms. The SMILES string of the molecule is CN(C(=O)C(c1ccccc1)c1ccccc1)c1cncnc1C(=O)O. The Morgan fingerprint density at radius 1 is 0.962 bits per heavy atom. The second kappa shape index (κ2) is 7.57. The predicted octanol–water partition coefficient (Wildman–Crippen LogP) is 2.97. The number of hydrogen-bond donors (Lipinski definition) is 1. The van der Waals surface area contributed by atoms with Crippen molar-refractivity contribution in [3.05, 3.63) is 90.0 Å². The lowest BCUT2D eigenvalue weighted by molar-refractivity contribution is -0.118. The van der Waals surface area contributed by atoms with Crippen LogP contribution in [0.15, 0.2) is 73.2 Å². The smallest absolute Gasteiger partial charge is 0.356 e. The number of amides is 1. The summed E-state index contributed by atoms with van der Waals surface area (Å²) in [6.45, 7) is 0. The number of carboxylic acid groups (broad SMARTS) is 1. The molecule has 0 aliphatic rings. The number of rotatable bonds is 5. The Kier molecular flexibility index (Phi) is 5.03. The minimum atomic E-state index is -1.21. The molecule has 6 heteroatoms. The summed E-state index contributed by atoms with van der Waals surface area (Å²) in [6, 6.07) is 18.7. The van der Waals surface area contributed by atoms with Crippen LogP contribution in [-0.4, -0.2) is 34.0 Å². The molecule has 1 aromatic heterocycles. The second-order valence-electron chi connectivity index (χ2n) is 5.71. The summed E-state index contributed by atoms with van der Waals surface area (Å²) < 4.78 is 0. The van der Waals surface area contributed by atoms with E-state index in [1.54, 1.807) is 0 Å². The van der Waals surface area contributed by atoms with Crippen molar-refractivity contribution in [3.63, 3.8) is 0 Å². The highest BCUT2D eigenvalue weighted by Crippen LogP contribution is 2.29. The van der Waals surface area contributed by atoms with Crippen LogP contribution < -0.4 is 4.90 Å². The first kappa shape index (κ1) is 17.3. The Morgan fingerprint density at radius 2 is 1.50 bits per heavy atom. The summed E-state index contributed by atoms with van der Waals surface area (Å²) in [5.41, 5.74) is 1.59. The average Bonchev–Trinajstić information content (AvgIpc) is 2.69. The van der Waals surface area contributed by atoms with Crippen molar-refractivity contribution in [1.29, 1.82) is 0 Å². The third kappa shape index (κ3) is 3.44. The molecule has 1 amide bonds. The van der Waals surface area contributed by atoms with Crippen LogP contribution in [0.3, 0.4) is 0 Å². The monoisotopic (exact) mass is 347 g/mol. The largest absolute Gasteiger partial charge is 0.476 e. The van der Waals surface area contributed by atoms with Gasteiger partial charge in [0.15, 0.2) is 5.69 Å². The van der Waals surface area contributed by atoms with Crippen LogP contribution in [0.1, 0.15) is 27.5 Å². The summed E-state index contributed by atoms with van der Waals surface area (Å²) in [5.74, 6) is -2.04. The molecule has 26 heavy (non-hydrogen) atoms. The number of anilines is 1. The Hall–Kier alpha value is -3.54. The van der Waals surface area contributed by atoms with Gasteiger partial charge in [0.1, 0.15) is 6.33 Å². The van der Waals surface area contributed by atoms with E-state index in [0.717, 1.165) is 17.5 Å². The Balaban J connectivity index is 2.05. The van der Waals surface area contributed by atoms with Crippen molar-refractivity contribution >= 4 is 17.6 Å².